The molecule has 0 spiro atoms. The summed E-state index contributed by atoms with van der Waals surface area (Å²) in [5.41, 5.74) is -1.37. The monoisotopic (exact) mass is 262 g/mol. The van der Waals surface area contributed by atoms with E-state index in [0.717, 1.165) is 6.07 Å². The zero-order valence-electron chi connectivity index (χ0n) is 9.94. The number of amides is 1. The predicted molar refractivity (Wildman–Crippen MR) is 63.7 cm³/mol. The second-order valence-corrected chi connectivity index (χ2v) is 4.50. The normalized spacial score (nSPS) is 16.0. The van der Waals surface area contributed by atoms with E-state index in [1.165, 1.54) is 12.1 Å². The second-order valence-electron chi connectivity index (χ2n) is 4.50. The maximum Gasteiger partial charge on any atom is 0.319 e. The lowest BCUT2D eigenvalue weighted by molar-refractivity contribution is -0.159. The van der Waals surface area contributed by atoms with E-state index in [4.69, 9.17) is 10.4 Å². The molecule has 0 radical (unpaired) electrons. The number of hydrogen-bond donors (Lipinski definition) is 2. The number of carboxylic acids is 1. The highest BCUT2D eigenvalue weighted by atomic mass is 19.1. The van der Waals surface area contributed by atoms with Crippen LogP contribution in [0.4, 0.5) is 10.1 Å². The Balaban J connectivity index is 2.20. The lowest BCUT2D eigenvalue weighted by atomic mass is 9.68. The topological polar surface area (TPSA) is 90.2 Å². The van der Waals surface area contributed by atoms with E-state index in [2.05, 4.69) is 5.32 Å². The van der Waals surface area contributed by atoms with Crippen molar-refractivity contribution in [2.75, 3.05) is 5.32 Å². The Labute approximate surface area is 108 Å². The summed E-state index contributed by atoms with van der Waals surface area (Å²) in [6.45, 7) is 0. The number of nitriles is 1. The minimum Gasteiger partial charge on any atom is -0.480 e. The molecule has 1 amide bonds. The molecule has 0 aromatic heterocycles. The molecular weight excluding hydrogens is 251 g/mol. The minimum atomic E-state index is -1.39. The molecule has 0 bridgehead atoms. The standard InChI is InChI=1S/C13H11FN2O3/c14-10-3-2-9(6-8(10)7-15)16-11(17)13(12(18)19)4-1-5-13/h2-3,6H,1,4-5H2,(H,16,17)(H,18,19). The van der Waals surface area contributed by atoms with Crippen LogP contribution in [-0.2, 0) is 9.59 Å². The quantitative estimate of drug-likeness (QED) is 0.814. The summed E-state index contributed by atoms with van der Waals surface area (Å²) in [5.74, 6) is -2.46. The molecule has 1 aliphatic rings. The van der Waals surface area contributed by atoms with Gasteiger partial charge in [0.15, 0.2) is 0 Å². The van der Waals surface area contributed by atoms with Crippen molar-refractivity contribution in [2.24, 2.45) is 5.41 Å². The third kappa shape index (κ3) is 2.15. The van der Waals surface area contributed by atoms with Crippen LogP contribution >= 0.6 is 0 Å². The molecule has 1 aromatic carbocycles. The molecule has 1 aromatic rings. The summed E-state index contributed by atoms with van der Waals surface area (Å²) in [5, 5.41) is 20.2. The molecule has 0 saturated heterocycles. The van der Waals surface area contributed by atoms with Gasteiger partial charge < -0.3 is 10.4 Å². The first-order valence-electron chi connectivity index (χ1n) is 5.74. The lowest BCUT2D eigenvalue weighted by Crippen LogP contribution is -2.48. The van der Waals surface area contributed by atoms with E-state index in [1.807, 2.05) is 0 Å². The van der Waals surface area contributed by atoms with Crippen LogP contribution in [0.15, 0.2) is 18.2 Å². The molecule has 2 rings (SSSR count). The van der Waals surface area contributed by atoms with E-state index >= 15 is 0 Å². The van der Waals surface area contributed by atoms with Crippen LogP contribution in [0.3, 0.4) is 0 Å². The first kappa shape index (κ1) is 13.0. The number of nitrogens with zero attached hydrogens (tertiary/aromatic N) is 1. The van der Waals surface area contributed by atoms with Crippen molar-refractivity contribution in [2.45, 2.75) is 19.3 Å². The summed E-state index contributed by atoms with van der Waals surface area (Å²) in [6, 6.07) is 5.19. The number of carbonyl (C=O) groups is 2. The van der Waals surface area contributed by atoms with Crippen LogP contribution in [0.1, 0.15) is 24.8 Å². The molecule has 2 N–H and O–H groups in total. The van der Waals surface area contributed by atoms with Crippen LogP contribution in [0.25, 0.3) is 0 Å². The fraction of sp³-hybridized carbons (Fsp3) is 0.308. The van der Waals surface area contributed by atoms with Crippen LogP contribution in [-0.4, -0.2) is 17.0 Å². The van der Waals surface area contributed by atoms with Crippen LogP contribution < -0.4 is 5.32 Å². The number of carbonyl (C=O) groups excluding carboxylic acids is 1. The lowest BCUT2D eigenvalue weighted by Gasteiger charge is -2.35. The minimum absolute atomic E-state index is 0.198. The van der Waals surface area contributed by atoms with Gasteiger partial charge in [-0.15, -0.1) is 0 Å². The molecule has 0 aliphatic heterocycles. The Morgan fingerprint density at radius 2 is 2.11 bits per heavy atom. The Kier molecular flexibility index (Phi) is 3.21. The Morgan fingerprint density at radius 1 is 1.42 bits per heavy atom. The van der Waals surface area contributed by atoms with E-state index in [1.54, 1.807) is 6.07 Å². The summed E-state index contributed by atoms with van der Waals surface area (Å²) < 4.78 is 13.1. The molecule has 0 unspecified atom stereocenters. The van der Waals surface area contributed by atoms with E-state index in [0.29, 0.717) is 19.3 Å². The fourth-order valence-electron chi connectivity index (χ4n) is 2.01. The summed E-state index contributed by atoms with van der Waals surface area (Å²) in [6.07, 6.45) is 1.27. The molecule has 1 saturated carbocycles. The van der Waals surface area contributed by atoms with E-state index in [-0.39, 0.29) is 11.3 Å². The zero-order chi connectivity index (χ0) is 14.0. The maximum absolute atomic E-state index is 13.1. The molecule has 98 valence electrons. The highest BCUT2D eigenvalue weighted by Gasteiger charge is 2.51. The van der Waals surface area contributed by atoms with Gasteiger partial charge in [-0.1, -0.05) is 6.42 Å². The fourth-order valence-corrected chi connectivity index (χ4v) is 2.01. The third-order valence-corrected chi connectivity index (χ3v) is 3.40. The van der Waals surface area contributed by atoms with Crippen molar-refractivity contribution in [3.63, 3.8) is 0 Å². The largest absolute Gasteiger partial charge is 0.480 e. The SMILES string of the molecule is N#Cc1cc(NC(=O)C2(C(=O)O)CCC2)ccc1F. The number of anilines is 1. The summed E-state index contributed by atoms with van der Waals surface area (Å²) >= 11 is 0. The van der Waals surface area contributed by atoms with Gasteiger partial charge in [0.05, 0.1) is 5.56 Å². The smallest absolute Gasteiger partial charge is 0.319 e. The van der Waals surface area contributed by atoms with Crippen molar-refractivity contribution >= 4 is 17.6 Å². The van der Waals surface area contributed by atoms with Gasteiger partial charge in [0.1, 0.15) is 17.3 Å². The number of aliphatic carboxylic acids is 1. The van der Waals surface area contributed by atoms with Gasteiger partial charge in [0.2, 0.25) is 5.91 Å². The van der Waals surface area contributed by atoms with Gasteiger partial charge in [-0.3, -0.25) is 9.59 Å². The van der Waals surface area contributed by atoms with Crippen molar-refractivity contribution in [1.29, 1.82) is 5.26 Å². The number of nitrogens with one attached hydrogen (secondary N) is 1. The van der Waals surface area contributed by atoms with Crippen LogP contribution in [0, 0.1) is 22.6 Å². The second kappa shape index (κ2) is 4.69. The van der Waals surface area contributed by atoms with E-state index in [9.17, 15) is 14.0 Å². The van der Waals surface area contributed by atoms with Gasteiger partial charge in [-0.2, -0.15) is 5.26 Å². The Bertz CT molecular complexity index is 588. The molecule has 1 fully saturated rings. The Hall–Kier alpha value is -2.42. The van der Waals surface area contributed by atoms with Crippen molar-refractivity contribution in [1.82, 2.24) is 0 Å². The first-order chi connectivity index (χ1) is 8.99. The van der Waals surface area contributed by atoms with Crippen LogP contribution in [0.2, 0.25) is 0 Å². The van der Waals surface area contributed by atoms with Gasteiger partial charge in [-0.25, -0.2) is 4.39 Å². The molecular formula is C13H11FN2O3. The number of hydrogen-bond acceptors (Lipinski definition) is 3. The molecule has 1 aliphatic carbocycles. The van der Waals surface area contributed by atoms with E-state index < -0.39 is 23.1 Å². The number of rotatable bonds is 3. The van der Waals surface area contributed by atoms with Crippen molar-refractivity contribution in [3.8, 4) is 6.07 Å². The average Bonchev–Trinajstić information content (AvgIpc) is 2.29. The van der Waals surface area contributed by atoms with Crippen molar-refractivity contribution in [3.05, 3.63) is 29.6 Å². The third-order valence-electron chi connectivity index (χ3n) is 3.40. The van der Waals surface area contributed by atoms with Gasteiger partial charge in [0.25, 0.3) is 0 Å². The zero-order valence-corrected chi connectivity index (χ0v) is 9.94. The summed E-state index contributed by atoms with van der Waals surface area (Å²) in [4.78, 5) is 23.1. The van der Waals surface area contributed by atoms with Gasteiger partial charge >= 0.3 is 5.97 Å². The highest BCUT2D eigenvalue weighted by Crippen LogP contribution is 2.42. The molecule has 19 heavy (non-hydrogen) atoms. The number of carboxylic acid groups (broad SMARTS) is 1. The molecule has 5 nitrogen and oxygen atoms in total. The molecule has 0 atom stereocenters. The van der Waals surface area contributed by atoms with Gasteiger partial charge in [-0.05, 0) is 31.0 Å². The highest BCUT2D eigenvalue weighted by molar-refractivity contribution is 6.09. The average molecular weight is 262 g/mol. The molecule has 6 heteroatoms. The maximum atomic E-state index is 13.1. The Morgan fingerprint density at radius 3 is 2.58 bits per heavy atom. The number of benzene rings is 1. The van der Waals surface area contributed by atoms with Gasteiger partial charge in [0, 0.05) is 5.69 Å². The number of halogens is 1. The van der Waals surface area contributed by atoms with Crippen LogP contribution in [0.5, 0.6) is 0 Å². The molecule has 0 heterocycles. The summed E-state index contributed by atoms with van der Waals surface area (Å²) in [7, 11) is 0. The van der Waals surface area contributed by atoms with Crippen molar-refractivity contribution < 1.29 is 19.1 Å². The first-order valence-corrected chi connectivity index (χ1v) is 5.74. The predicted octanol–water partition coefficient (Wildman–Crippen LogP) is 1.89.